The van der Waals surface area contributed by atoms with Gasteiger partial charge in [-0.1, -0.05) is 6.07 Å². The van der Waals surface area contributed by atoms with Crippen LogP contribution >= 0.6 is 0 Å². The molecular weight excluding hydrogens is 318 g/mol. The molecule has 0 aromatic carbocycles. The molecule has 1 saturated carbocycles. The molecule has 130 valence electrons. The first-order chi connectivity index (χ1) is 12.2. The summed E-state index contributed by atoms with van der Waals surface area (Å²) in [6.45, 7) is 1.14. The highest BCUT2D eigenvalue weighted by Gasteiger charge is 2.32. The Bertz CT molecular complexity index is 769. The lowest BCUT2D eigenvalue weighted by atomic mass is 9.97. The molecule has 2 aromatic heterocycles. The highest BCUT2D eigenvalue weighted by molar-refractivity contribution is 5.93. The zero-order chi connectivity index (χ0) is 17.2. The molecule has 0 unspecified atom stereocenters. The molecule has 3 heterocycles. The van der Waals surface area contributed by atoms with Crippen LogP contribution in [0.3, 0.4) is 0 Å². The van der Waals surface area contributed by atoms with E-state index in [4.69, 9.17) is 0 Å². The predicted octanol–water partition coefficient (Wildman–Crippen LogP) is 1.60. The number of likely N-dealkylation sites (tertiary alicyclic amines) is 1. The van der Waals surface area contributed by atoms with E-state index in [1.54, 1.807) is 17.2 Å². The summed E-state index contributed by atoms with van der Waals surface area (Å²) in [5.41, 5.74) is 1.80. The number of amides is 2. The summed E-state index contributed by atoms with van der Waals surface area (Å²) in [7, 11) is 0. The molecular formula is C18H21N5O2. The van der Waals surface area contributed by atoms with Crippen LogP contribution in [-0.2, 0) is 4.79 Å². The van der Waals surface area contributed by atoms with Crippen molar-refractivity contribution in [1.82, 2.24) is 25.4 Å². The third-order valence-corrected chi connectivity index (χ3v) is 4.74. The smallest absolute Gasteiger partial charge is 0.271 e. The Labute approximate surface area is 145 Å². The van der Waals surface area contributed by atoms with Crippen LogP contribution in [0.4, 0.5) is 0 Å². The van der Waals surface area contributed by atoms with E-state index in [1.807, 2.05) is 18.2 Å². The second-order valence-electron chi connectivity index (χ2n) is 6.76. The maximum atomic E-state index is 12.7. The van der Waals surface area contributed by atoms with Crippen LogP contribution in [0.2, 0.25) is 0 Å². The quantitative estimate of drug-likeness (QED) is 0.885. The first-order valence-corrected chi connectivity index (χ1v) is 8.77. The summed E-state index contributed by atoms with van der Waals surface area (Å²) in [5.74, 6) is -0.145. The number of aromatic nitrogens is 3. The number of carbonyl (C=O) groups is 2. The molecule has 2 fully saturated rings. The number of hydrogen-bond donors (Lipinski definition) is 2. The number of rotatable bonds is 4. The number of carbonyl (C=O) groups excluding carboxylic acids is 2. The largest absolute Gasteiger partial charge is 0.353 e. The van der Waals surface area contributed by atoms with Crippen molar-refractivity contribution in [3.05, 3.63) is 36.2 Å². The number of piperidine rings is 1. The van der Waals surface area contributed by atoms with Gasteiger partial charge in [-0.05, 0) is 43.9 Å². The number of nitrogens with one attached hydrogen (secondary N) is 2. The van der Waals surface area contributed by atoms with E-state index < -0.39 is 0 Å². The molecule has 4 rings (SSSR count). The van der Waals surface area contributed by atoms with Crippen molar-refractivity contribution in [2.24, 2.45) is 5.92 Å². The first-order valence-electron chi connectivity index (χ1n) is 8.77. The van der Waals surface area contributed by atoms with Crippen molar-refractivity contribution < 1.29 is 9.59 Å². The van der Waals surface area contributed by atoms with Gasteiger partial charge in [-0.3, -0.25) is 19.7 Å². The summed E-state index contributed by atoms with van der Waals surface area (Å²) in [4.78, 5) is 31.0. The first kappa shape index (κ1) is 15.8. The van der Waals surface area contributed by atoms with Crippen molar-refractivity contribution in [3.8, 4) is 11.4 Å². The van der Waals surface area contributed by atoms with E-state index in [1.165, 1.54) is 0 Å². The van der Waals surface area contributed by atoms with E-state index in [0.29, 0.717) is 30.5 Å². The summed E-state index contributed by atoms with van der Waals surface area (Å²) < 4.78 is 0. The highest BCUT2D eigenvalue weighted by Crippen LogP contribution is 2.23. The molecule has 25 heavy (non-hydrogen) atoms. The zero-order valence-electron chi connectivity index (χ0n) is 13.9. The zero-order valence-corrected chi connectivity index (χ0v) is 13.9. The average molecular weight is 339 g/mol. The maximum absolute atomic E-state index is 12.7. The molecule has 2 N–H and O–H groups in total. The Balaban J connectivity index is 1.43. The third kappa shape index (κ3) is 3.55. The van der Waals surface area contributed by atoms with Gasteiger partial charge in [0.15, 0.2) is 0 Å². The standard InChI is InChI=1S/C18H21N5O2/c24-17(20-13-6-7-13)12-4-3-9-23(11-12)18(25)16-10-15(21-22-16)14-5-1-2-8-19-14/h1-2,5,8,10,12-13H,3-4,6-7,9,11H2,(H,20,24)(H,21,22)/t12-/m0/s1. The lowest BCUT2D eigenvalue weighted by molar-refractivity contribution is -0.126. The normalized spacial score (nSPS) is 20.3. The monoisotopic (exact) mass is 339 g/mol. The van der Waals surface area contributed by atoms with Crippen LogP contribution < -0.4 is 5.32 Å². The Kier molecular flexibility index (Phi) is 4.21. The fourth-order valence-electron chi connectivity index (χ4n) is 3.17. The molecule has 7 heteroatoms. The number of aromatic amines is 1. The van der Waals surface area contributed by atoms with Crippen molar-refractivity contribution in [2.45, 2.75) is 31.7 Å². The van der Waals surface area contributed by atoms with Crippen molar-refractivity contribution in [3.63, 3.8) is 0 Å². The molecule has 1 saturated heterocycles. The molecule has 2 aromatic rings. The lowest BCUT2D eigenvalue weighted by Gasteiger charge is -2.31. The Morgan fingerprint density at radius 2 is 2.08 bits per heavy atom. The van der Waals surface area contributed by atoms with Gasteiger partial charge in [-0.2, -0.15) is 5.10 Å². The van der Waals surface area contributed by atoms with Gasteiger partial charge in [0, 0.05) is 25.3 Å². The molecule has 1 atom stereocenters. The second kappa shape index (κ2) is 6.66. The minimum atomic E-state index is -0.114. The van der Waals surface area contributed by atoms with Crippen molar-refractivity contribution in [1.29, 1.82) is 0 Å². The van der Waals surface area contributed by atoms with Crippen LogP contribution in [0.5, 0.6) is 0 Å². The molecule has 7 nitrogen and oxygen atoms in total. The van der Waals surface area contributed by atoms with Gasteiger partial charge in [0.05, 0.1) is 11.6 Å². The second-order valence-corrected chi connectivity index (χ2v) is 6.76. The summed E-state index contributed by atoms with van der Waals surface area (Å²) in [6.07, 6.45) is 5.52. The third-order valence-electron chi connectivity index (χ3n) is 4.74. The number of hydrogen-bond acceptors (Lipinski definition) is 4. The Hall–Kier alpha value is -2.70. The van der Waals surface area contributed by atoms with Gasteiger partial charge in [0.2, 0.25) is 5.91 Å². The van der Waals surface area contributed by atoms with Crippen LogP contribution in [-0.4, -0.2) is 51.0 Å². The molecule has 0 spiro atoms. The number of H-pyrrole nitrogens is 1. The Morgan fingerprint density at radius 1 is 1.20 bits per heavy atom. The van der Waals surface area contributed by atoms with E-state index in [2.05, 4.69) is 20.5 Å². The minimum absolute atomic E-state index is 0.0822. The van der Waals surface area contributed by atoms with Crippen molar-refractivity contribution >= 4 is 11.8 Å². The fourth-order valence-corrected chi connectivity index (χ4v) is 3.17. The molecule has 2 amide bonds. The van der Waals surface area contributed by atoms with Crippen LogP contribution in [0.25, 0.3) is 11.4 Å². The SMILES string of the molecule is O=C(NC1CC1)[C@H]1CCCN(C(=O)c2cc(-c3ccccn3)n[nH]2)C1. The van der Waals surface area contributed by atoms with Crippen LogP contribution in [0.15, 0.2) is 30.5 Å². The highest BCUT2D eigenvalue weighted by atomic mass is 16.2. The Morgan fingerprint density at radius 3 is 2.84 bits per heavy atom. The summed E-state index contributed by atoms with van der Waals surface area (Å²) in [5, 5.41) is 10.0. The van der Waals surface area contributed by atoms with Gasteiger partial charge < -0.3 is 10.2 Å². The summed E-state index contributed by atoms with van der Waals surface area (Å²) >= 11 is 0. The van der Waals surface area contributed by atoms with Gasteiger partial charge in [0.25, 0.3) is 5.91 Å². The number of nitrogens with zero attached hydrogens (tertiary/aromatic N) is 3. The predicted molar refractivity (Wildman–Crippen MR) is 91.6 cm³/mol. The molecule has 2 aliphatic rings. The van der Waals surface area contributed by atoms with E-state index in [9.17, 15) is 9.59 Å². The number of pyridine rings is 1. The molecule has 1 aliphatic carbocycles. The van der Waals surface area contributed by atoms with Crippen LogP contribution in [0, 0.1) is 5.92 Å². The molecule has 1 aliphatic heterocycles. The maximum Gasteiger partial charge on any atom is 0.271 e. The molecule has 0 bridgehead atoms. The van der Waals surface area contributed by atoms with E-state index in [0.717, 1.165) is 31.4 Å². The topological polar surface area (TPSA) is 91.0 Å². The van der Waals surface area contributed by atoms with Crippen molar-refractivity contribution in [2.75, 3.05) is 13.1 Å². The average Bonchev–Trinajstić information content (AvgIpc) is 3.34. The van der Waals surface area contributed by atoms with Gasteiger partial charge in [-0.25, -0.2) is 0 Å². The van der Waals surface area contributed by atoms with Crippen LogP contribution in [0.1, 0.15) is 36.2 Å². The summed E-state index contributed by atoms with van der Waals surface area (Å²) in [6, 6.07) is 7.64. The molecule has 0 radical (unpaired) electrons. The minimum Gasteiger partial charge on any atom is -0.353 e. The van der Waals surface area contributed by atoms with E-state index in [-0.39, 0.29) is 17.7 Å². The lowest BCUT2D eigenvalue weighted by Crippen LogP contribution is -2.46. The van der Waals surface area contributed by atoms with Gasteiger partial charge in [0.1, 0.15) is 11.4 Å². The fraction of sp³-hybridized carbons (Fsp3) is 0.444. The van der Waals surface area contributed by atoms with Gasteiger partial charge >= 0.3 is 0 Å². The van der Waals surface area contributed by atoms with Gasteiger partial charge in [-0.15, -0.1) is 0 Å². The van der Waals surface area contributed by atoms with E-state index >= 15 is 0 Å².